The first-order valence-corrected chi connectivity index (χ1v) is 2.78. The molecule has 0 saturated heterocycles. The van der Waals surface area contributed by atoms with E-state index >= 15 is 0 Å². The summed E-state index contributed by atoms with van der Waals surface area (Å²) in [4.78, 5) is 0. The Labute approximate surface area is 88.7 Å². The van der Waals surface area contributed by atoms with E-state index in [2.05, 4.69) is 6.92 Å². The Kier molecular flexibility index (Phi) is 7.06. The average molecular weight is 183 g/mol. The zero-order chi connectivity index (χ0) is 6.85. The number of benzene rings is 1. The van der Waals surface area contributed by atoms with Gasteiger partial charge in [0.25, 0.3) is 0 Å². The van der Waals surface area contributed by atoms with Crippen molar-refractivity contribution in [2.24, 2.45) is 0 Å². The van der Waals surface area contributed by atoms with Crippen molar-refractivity contribution in [2.75, 3.05) is 0 Å². The SMILES string of the molecule is [CH2-]c1ccc(C)c(F)c1.[Cl-].[Mg+2]. The molecule has 0 radical (unpaired) electrons. The van der Waals surface area contributed by atoms with Crippen LogP contribution in [0.1, 0.15) is 11.1 Å². The first-order chi connectivity index (χ1) is 4.20. The van der Waals surface area contributed by atoms with Crippen molar-refractivity contribution in [2.45, 2.75) is 6.92 Å². The van der Waals surface area contributed by atoms with Crippen LogP contribution in [0.5, 0.6) is 0 Å². The molecule has 56 valence electrons. The number of hydrogen-bond acceptors (Lipinski definition) is 0. The normalized spacial score (nSPS) is 7.82. The smallest absolute Gasteiger partial charge is 1.00 e. The molecular formula is C8H8ClFMg. The van der Waals surface area contributed by atoms with Gasteiger partial charge in [0, 0.05) is 0 Å². The van der Waals surface area contributed by atoms with E-state index in [4.69, 9.17) is 0 Å². The average Bonchev–Trinajstić information content (AvgIpc) is 1.80. The molecule has 0 aliphatic heterocycles. The van der Waals surface area contributed by atoms with Gasteiger partial charge in [-0.05, 0) is 12.5 Å². The molecule has 0 aliphatic rings. The van der Waals surface area contributed by atoms with Gasteiger partial charge in [-0.15, -0.1) is 12.1 Å². The van der Waals surface area contributed by atoms with Gasteiger partial charge in [-0.2, -0.15) is 18.6 Å². The van der Waals surface area contributed by atoms with Gasteiger partial charge in [0.15, 0.2) is 0 Å². The summed E-state index contributed by atoms with van der Waals surface area (Å²) in [6, 6.07) is 4.94. The van der Waals surface area contributed by atoms with Crippen molar-refractivity contribution in [1.82, 2.24) is 0 Å². The van der Waals surface area contributed by atoms with Crippen LogP contribution in [0.2, 0.25) is 0 Å². The fourth-order valence-corrected chi connectivity index (χ4v) is 0.636. The summed E-state index contributed by atoms with van der Waals surface area (Å²) in [6.07, 6.45) is 0. The molecule has 0 fully saturated rings. The minimum absolute atomic E-state index is 0. The van der Waals surface area contributed by atoms with Crippen molar-refractivity contribution < 1.29 is 16.8 Å². The Hall–Kier alpha value is 0.0762. The van der Waals surface area contributed by atoms with Crippen LogP contribution in [0, 0.1) is 19.7 Å². The van der Waals surface area contributed by atoms with Gasteiger partial charge < -0.3 is 12.4 Å². The van der Waals surface area contributed by atoms with Crippen molar-refractivity contribution in [1.29, 1.82) is 0 Å². The van der Waals surface area contributed by atoms with Gasteiger partial charge in [0.1, 0.15) is 0 Å². The van der Waals surface area contributed by atoms with Crippen LogP contribution < -0.4 is 12.4 Å². The molecule has 1 aromatic carbocycles. The molecule has 1 rings (SSSR count). The first-order valence-electron chi connectivity index (χ1n) is 2.78. The zero-order valence-corrected chi connectivity index (χ0v) is 8.57. The molecule has 0 saturated carbocycles. The van der Waals surface area contributed by atoms with Crippen LogP contribution in [-0.2, 0) is 0 Å². The number of rotatable bonds is 0. The summed E-state index contributed by atoms with van der Waals surface area (Å²) >= 11 is 0. The molecule has 0 N–H and O–H groups in total. The largest absolute Gasteiger partial charge is 2.00 e. The standard InChI is InChI=1S/C8H8F.ClH.Mg/c1-6-3-4-7(2)8(9)5-6;;/h3-5H,1H2,2H3;1H;/q-1;;+2/p-1. The molecule has 0 amide bonds. The molecule has 0 atom stereocenters. The Morgan fingerprint density at radius 3 is 2.27 bits per heavy atom. The zero-order valence-electron chi connectivity index (χ0n) is 6.40. The van der Waals surface area contributed by atoms with E-state index in [9.17, 15) is 4.39 Å². The molecule has 0 heterocycles. The number of hydrogen-bond donors (Lipinski definition) is 0. The third kappa shape index (κ3) is 3.84. The molecule has 11 heavy (non-hydrogen) atoms. The maximum atomic E-state index is 12.5. The molecule has 0 nitrogen and oxygen atoms in total. The topological polar surface area (TPSA) is 0 Å². The summed E-state index contributed by atoms with van der Waals surface area (Å²) in [7, 11) is 0. The van der Waals surface area contributed by atoms with E-state index < -0.39 is 0 Å². The Bertz CT molecular complexity index is 225. The predicted octanol–water partition coefficient (Wildman–Crippen LogP) is -1.06. The maximum absolute atomic E-state index is 12.5. The van der Waals surface area contributed by atoms with Crippen LogP contribution in [0.4, 0.5) is 4.39 Å². The van der Waals surface area contributed by atoms with Gasteiger partial charge in [-0.25, -0.2) is 4.39 Å². The molecule has 0 aromatic heterocycles. The summed E-state index contributed by atoms with van der Waals surface area (Å²) in [5, 5.41) is 0. The monoisotopic (exact) mass is 182 g/mol. The first kappa shape index (κ1) is 13.7. The molecule has 3 heteroatoms. The quantitative estimate of drug-likeness (QED) is 0.355. The van der Waals surface area contributed by atoms with Gasteiger partial charge in [-0.1, -0.05) is 0 Å². The van der Waals surface area contributed by atoms with E-state index in [-0.39, 0.29) is 41.3 Å². The maximum Gasteiger partial charge on any atom is 2.00 e. The third-order valence-corrected chi connectivity index (χ3v) is 1.24. The molecule has 0 unspecified atom stereocenters. The summed E-state index contributed by atoms with van der Waals surface area (Å²) in [5.41, 5.74) is 1.39. The summed E-state index contributed by atoms with van der Waals surface area (Å²) in [5.74, 6) is -0.178. The van der Waals surface area contributed by atoms with Gasteiger partial charge >= 0.3 is 23.1 Å². The second-order valence-electron chi connectivity index (χ2n) is 2.08. The fourth-order valence-electron chi connectivity index (χ4n) is 0.636. The predicted molar refractivity (Wildman–Crippen MR) is 41.4 cm³/mol. The second kappa shape index (κ2) is 5.69. The van der Waals surface area contributed by atoms with E-state index in [1.807, 2.05) is 0 Å². The number of aryl methyl sites for hydroxylation is 1. The minimum atomic E-state index is -0.178. The number of halogens is 2. The minimum Gasteiger partial charge on any atom is -1.00 e. The Morgan fingerprint density at radius 2 is 1.91 bits per heavy atom. The van der Waals surface area contributed by atoms with Crippen LogP contribution in [0.25, 0.3) is 0 Å². The van der Waals surface area contributed by atoms with E-state index in [0.717, 1.165) is 5.56 Å². The van der Waals surface area contributed by atoms with Crippen LogP contribution in [0.15, 0.2) is 18.2 Å². The van der Waals surface area contributed by atoms with Crippen molar-refractivity contribution in [3.05, 3.63) is 42.1 Å². The Morgan fingerprint density at radius 1 is 1.36 bits per heavy atom. The molecular weight excluding hydrogens is 175 g/mol. The van der Waals surface area contributed by atoms with Crippen LogP contribution in [-0.4, -0.2) is 23.1 Å². The molecule has 0 spiro atoms. The van der Waals surface area contributed by atoms with E-state index in [1.165, 1.54) is 6.07 Å². The van der Waals surface area contributed by atoms with E-state index in [1.54, 1.807) is 19.1 Å². The van der Waals surface area contributed by atoms with Crippen molar-refractivity contribution in [3.63, 3.8) is 0 Å². The van der Waals surface area contributed by atoms with Crippen molar-refractivity contribution in [3.8, 4) is 0 Å². The second-order valence-corrected chi connectivity index (χ2v) is 2.08. The van der Waals surface area contributed by atoms with Gasteiger partial charge in [0.2, 0.25) is 0 Å². The molecule has 0 bridgehead atoms. The van der Waals surface area contributed by atoms with Gasteiger partial charge in [0.05, 0.1) is 5.82 Å². The van der Waals surface area contributed by atoms with E-state index in [0.29, 0.717) is 5.56 Å². The van der Waals surface area contributed by atoms with Crippen LogP contribution >= 0.6 is 0 Å². The Balaban J connectivity index is 0. The molecule has 0 aliphatic carbocycles. The fraction of sp³-hybridized carbons (Fsp3) is 0.125. The van der Waals surface area contributed by atoms with Crippen LogP contribution in [0.3, 0.4) is 0 Å². The van der Waals surface area contributed by atoms with Crippen molar-refractivity contribution >= 4 is 23.1 Å². The molecule has 1 aromatic rings. The third-order valence-electron chi connectivity index (χ3n) is 1.24. The summed E-state index contributed by atoms with van der Waals surface area (Å²) < 4.78 is 12.5. The van der Waals surface area contributed by atoms with Gasteiger partial charge in [-0.3, -0.25) is 0 Å². The summed E-state index contributed by atoms with van der Waals surface area (Å²) in [6.45, 7) is 5.31.